The molecule has 4 fully saturated rings. The number of fused-ring (bicyclic) bond motifs is 5. The fraction of sp³-hybridized carbons (Fsp3) is 1.00. The molecule has 0 spiro atoms. The van der Waals surface area contributed by atoms with Gasteiger partial charge in [0, 0.05) is 0 Å². The van der Waals surface area contributed by atoms with Crippen LogP contribution in [0.5, 0.6) is 0 Å². The van der Waals surface area contributed by atoms with Gasteiger partial charge in [-0.3, -0.25) is 0 Å². The predicted molar refractivity (Wildman–Crippen MR) is 99.2 cm³/mol. The lowest BCUT2D eigenvalue weighted by Crippen LogP contribution is -2.51. The molecule has 4 aliphatic rings. The van der Waals surface area contributed by atoms with Gasteiger partial charge >= 0.3 is 0 Å². The summed E-state index contributed by atoms with van der Waals surface area (Å²) in [6, 6.07) is 0. The van der Waals surface area contributed by atoms with Gasteiger partial charge in [-0.1, -0.05) is 48.0 Å². The van der Waals surface area contributed by atoms with Gasteiger partial charge in [-0.15, -0.1) is 0 Å². The standard InChI is InChI=1S/C23H40/c1-15(2)23-13-10-16(3)20(23)17-8-9-19-21(4,5)11-7-12-22(19,6)18(17)14-23/h15-20H,7-14H2,1-6H3/t16-,17?,18?,19+,20-,22-,23+/m1/s1. The van der Waals surface area contributed by atoms with Crippen LogP contribution in [0, 0.1) is 51.8 Å². The lowest BCUT2D eigenvalue weighted by atomic mass is 9.46. The van der Waals surface area contributed by atoms with Crippen molar-refractivity contribution in [1.29, 1.82) is 0 Å². The number of rotatable bonds is 1. The zero-order valence-corrected chi connectivity index (χ0v) is 16.6. The summed E-state index contributed by atoms with van der Waals surface area (Å²) < 4.78 is 0. The highest BCUT2D eigenvalue weighted by Crippen LogP contribution is 2.73. The van der Waals surface area contributed by atoms with Gasteiger partial charge in [-0.05, 0) is 96.7 Å². The Morgan fingerprint density at radius 1 is 0.913 bits per heavy atom. The average Bonchev–Trinajstić information content (AvgIpc) is 2.96. The zero-order valence-electron chi connectivity index (χ0n) is 16.6. The SMILES string of the molecule is CC(C)[C@@]12CC[C@@H](C)[C@@H]1C1CC[C@H]3C(C)(C)CCC[C@]3(C)C1C2. The van der Waals surface area contributed by atoms with Crippen LogP contribution in [-0.2, 0) is 0 Å². The molecule has 0 nitrogen and oxygen atoms in total. The maximum absolute atomic E-state index is 2.73. The fourth-order valence-electron chi connectivity index (χ4n) is 9.01. The quantitative estimate of drug-likeness (QED) is 0.491. The zero-order chi connectivity index (χ0) is 16.6. The second kappa shape index (κ2) is 5.01. The van der Waals surface area contributed by atoms with Crippen LogP contribution in [0.4, 0.5) is 0 Å². The predicted octanol–water partition coefficient (Wildman–Crippen LogP) is 6.94. The highest BCUT2D eigenvalue weighted by molar-refractivity contribution is 5.14. The van der Waals surface area contributed by atoms with Crippen LogP contribution in [0.1, 0.15) is 92.9 Å². The molecule has 0 aromatic rings. The highest BCUT2D eigenvalue weighted by Gasteiger charge is 2.66. The van der Waals surface area contributed by atoms with E-state index in [1.165, 1.54) is 38.5 Å². The van der Waals surface area contributed by atoms with Crippen molar-refractivity contribution in [3.05, 3.63) is 0 Å². The minimum absolute atomic E-state index is 0.590. The Labute approximate surface area is 145 Å². The molecule has 4 saturated carbocycles. The highest BCUT2D eigenvalue weighted by atomic mass is 14.7. The van der Waals surface area contributed by atoms with Crippen molar-refractivity contribution in [3.63, 3.8) is 0 Å². The van der Waals surface area contributed by atoms with Gasteiger partial charge < -0.3 is 0 Å². The van der Waals surface area contributed by atoms with E-state index in [2.05, 4.69) is 41.5 Å². The van der Waals surface area contributed by atoms with E-state index in [1.807, 2.05) is 0 Å². The summed E-state index contributed by atoms with van der Waals surface area (Å²) in [5, 5.41) is 0. The Morgan fingerprint density at radius 2 is 1.65 bits per heavy atom. The van der Waals surface area contributed by atoms with Crippen LogP contribution in [0.15, 0.2) is 0 Å². The van der Waals surface area contributed by atoms with E-state index in [-0.39, 0.29) is 0 Å². The van der Waals surface area contributed by atoms with Gasteiger partial charge in [0.05, 0.1) is 0 Å². The van der Waals surface area contributed by atoms with Crippen LogP contribution >= 0.6 is 0 Å². The summed E-state index contributed by atoms with van der Waals surface area (Å²) in [5.41, 5.74) is 1.94. The van der Waals surface area contributed by atoms with E-state index < -0.39 is 0 Å². The van der Waals surface area contributed by atoms with Crippen LogP contribution in [0.25, 0.3) is 0 Å². The molecule has 0 N–H and O–H groups in total. The molecule has 0 heteroatoms. The lowest BCUT2D eigenvalue weighted by molar-refractivity contribution is -0.0951. The summed E-state index contributed by atoms with van der Waals surface area (Å²) in [7, 11) is 0. The van der Waals surface area contributed by atoms with E-state index in [0.717, 1.165) is 35.5 Å². The first kappa shape index (κ1) is 16.5. The van der Waals surface area contributed by atoms with Crippen LogP contribution in [0.3, 0.4) is 0 Å². The van der Waals surface area contributed by atoms with Crippen molar-refractivity contribution in [2.75, 3.05) is 0 Å². The maximum Gasteiger partial charge on any atom is -0.0238 e. The second-order valence-corrected chi connectivity index (χ2v) is 11.4. The van der Waals surface area contributed by atoms with Gasteiger partial charge in [0.25, 0.3) is 0 Å². The van der Waals surface area contributed by atoms with Gasteiger partial charge in [0.1, 0.15) is 0 Å². The minimum Gasteiger partial charge on any atom is -0.0622 e. The van der Waals surface area contributed by atoms with Gasteiger partial charge in [-0.25, -0.2) is 0 Å². The molecule has 0 saturated heterocycles. The first-order chi connectivity index (χ1) is 10.7. The number of hydrogen-bond donors (Lipinski definition) is 0. The third-order valence-corrected chi connectivity index (χ3v) is 9.98. The first-order valence-electron chi connectivity index (χ1n) is 10.7. The Hall–Kier alpha value is 0. The van der Waals surface area contributed by atoms with Gasteiger partial charge in [0.2, 0.25) is 0 Å². The summed E-state index contributed by atoms with van der Waals surface area (Å²) in [5.74, 6) is 6.02. The van der Waals surface area contributed by atoms with Crippen molar-refractivity contribution < 1.29 is 0 Å². The molecule has 4 rings (SSSR count). The second-order valence-electron chi connectivity index (χ2n) is 11.4. The topological polar surface area (TPSA) is 0 Å². The molecule has 0 bridgehead atoms. The molecular weight excluding hydrogens is 276 g/mol. The molecule has 2 unspecified atom stereocenters. The Balaban J connectivity index is 1.73. The van der Waals surface area contributed by atoms with Crippen molar-refractivity contribution >= 4 is 0 Å². The third-order valence-electron chi connectivity index (χ3n) is 9.98. The molecule has 7 atom stereocenters. The largest absolute Gasteiger partial charge is 0.0622 e. The molecule has 0 aromatic carbocycles. The molecule has 0 aliphatic heterocycles. The monoisotopic (exact) mass is 316 g/mol. The summed E-state index contributed by atoms with van der Waals surface area (Å²) in [6.07, 6.45) is 12.2. The van der Waals surface area contributed by atoms with E-state index >= 15 is 0 Å². The van der Waals surface area contributed by atoms with Crippen molar-refractivity contribution in [3.8, 4) is 0 Å². The maximum atomic E-state index is 2.73. The Morgan fingerprint density at radius 3 is 2.35 bits per heavy atom. The van der Waals surface area contributed by atoms with Crippen LogP contribution in [0.2, 0.25) is 0 Å². The van der Waals surface area contributed by atoms with E-state index in [4.69, 9.17) is 0 Å². The normalized spacial score (nSPS) is 54.7. The molecule has 0 amide bonds. The molecule has 4 aliphatic carbocycles. The van der Waals surface area contributed by atoms with Crippen molar-refractivity contribution in [2.45, 2.75) is 92.9 Å². The van der Waals surface area contributed by atoms with E-state index in [9.17, 15) is 0 Å². The molecule has 0 radical (unpaired) electrons. The molecule has 23 heavy (non-hydrogen) atoms. The molecular formula is C23H40. The fourth-order valence-corrected chi connectivity index (χ4v) is 9.01. The third kappa shape index (κ3) is 2.02. The van der Waals surface area contributed by atoms with Crippen LogP contribution < -0.4 is 0 Å². The summed E-state index contributed by atoms with van der Waals surface area (Å²) in [6.45, 7) is 15.6. The average molecular weight is 317 g/mol. The number of hydrogen-bond acceptors (Lipinski definition) is 0. The Bertz CT molecular complexity index is 474. The van der Waals surface area contributed by atoms with Gasteiger partial charge in [-0.2, -0.15) is 0 Å². The smallest absolute Gasteiger partial charge is 0.0238 e. The molecule has 0 aromatic heterocycles. The molecule has 0 heterocycles. The lowest BCUT2D eigenvalue weighted by Gasteiger charge is -2.59. The van der Waals surface area contributed by atoms with E-state index in [0.29, 0.717) is 16.2 Å². The minimum atomic E-state index is 0.590. The summed E-state index contributed by atoms with van der Waals surface area (Å²) >= 11 is 0. The van der Waals surface area contributed by atoms with Crippen molar-refractivity contribution in [1.82, 2.24) is 0 Å². The van der Waals surface area contributed by atoms with Gasteiger partial charge in [0.15, 0.2) is 0 Å². The van der Waals surface area contributed by atoms with Crippen molar-refractivity contribution in [2.24, 2.45) is 51.8 Å². The first-order valence-corrected chi connectivity index (χ1v) is 10.7. The van der Waals surface area contributed by atoms with E-state index in [1.54, 1.807) is 12.8 Å². The Kier molecular flexibility index (Phi) is 3.59. The van der Waals surface area contributed by atoms with Crippen LogP contribution in [-0.4, -0.2) is 0 Å². The summed E-state index contributed by atoms with van der Waals surface area (Å²) in [4.78, 5) is 0. The molecule has 132 valence electrons.